The summed E-state index contributed by atoms with van der Waals surface area (Å²) in [7, 11) is 0. The molecule has 0 unspecified atom stereocenters. The largest absolute Gasteiger partial charge is 0.494 e. The molecule has 90 valence electrons. The Labute approximate surface area is 98.2 Å². The van der Waals surface area contributed by atoms with Gasteiger partial charge in [-0.3, -0.25) is 0 Å². The van der Waals surface area contributed by atoms with Crippen molar-refractivity contribution in [2.75, 3.05) is 26.2 Å². The minimum absolute atomic E-state index is 0.717. The Morgan fingerprint density at radius 2 is 1.81 bits per heavy atom. The maximum absolute atomic E-state index is 5.56. The average Bonchev–Trinajstić information content (AvgIpc) is 2.31. The Hall–Kier alpha value is -1.06. The van der Waals surface area contributed by atoms with Crippen LogP contribution >= 0.6 is 0 Å². The molecular weight excluding hydrogens is 200 g/mol. The van der Waals surface area contributed by atoms with Gasteiger partial charge >= 0.3 is 0 Å². The molecule has 0 saturated heterocycles. The number of likely N-dealkylation sites (N-methyl/N-ethyl adjacent to an activating group) is 1. The normalized spacial score (nSPS) is 10.4. The second-order valence-electron chi connectivity index (χ2n) is 3.57. The van der Waals surface area contributed by atoms with Gasteiger partial charge in [-0.05, 0) is 19.5 Å². The Bertz CT molecular complexity index is 289. The molecule has 1 rings (SSSR count). The topological polar surface area (TPSA) is 33.3 Å². The Kier molecular flexibility index (Phi) is 6.61. The van der Waals surface area contributed by atoms with Gasteiger partial charge in [-0.15, -0.1) is 0 Å². The minimum Gasteiger partial charge on any atom is -0.494 e. The van der Waals surface area contributed by atoms with Crippen LogP contribution in [-0.2, 0) is 6.54 Å². The van der Waals surface area contributed by atoms with E-state index in [0.29, 0.717) is 6.61 Å². The van der Waals surface area contributed by atoms with Crippen molar-refractivity contribution in [1.82, 2.24) is 10.6 Å². The van der Waals surface area contributed by atoms with Crippen molar-refractivity contribution in [3.63, 3.8) is 0 Å². The zero-order valence-electron chi connectivity index (χ0n) is 10.3. The molecule has 3 nitrogen and oxygen atoms in total. The fraction of sp³-hybridized carbons (Fsp3) is 0.538. The number of nitrogens with one attached hydrogen (secondary N) is 2. The third-order valence-corrected chi connectivity index (χ3v) is 2.32. The summed E-state index contributed by atoms with van der Waals surface area (Å²) in [6.45, 7) is 8.72. The highest BCUT2D eigenvalue weighted by Crippen LogP contribution is 2.17. The first-order valence-electron chi connectivity index (χ1n) is 6.00. The summed E-state index contributed by atoms with van der Waals surface area (Å²) < 4.78 is 5.56. The van der Waals surface area contributed by atoms with E-state index in [1.165, 1.54) is 5.56 Å². The number of hydrogen-bond donors (Lipinski definition) is 2. The van der Waals surface area contributed by atoms with E-state index in [1.807, 2.05) is 25.1 Å². The number of para-hydroxylation sites is 1. The summed E-state index contributed by atoms with van der Waals surface area (Å²) in [5, 5.41) is 6.67. The van der Waals surface area contributed by atoms with E-state index in [9.17, 15) is 0 Å². The van der Waals surface area contributed by atoms with Gasteiger partial charge in [0.25, 0.3) is 0 Å². The first kappa shape index (κ1) is 13.0. The minimum atomic E-state index is 0.717. The van der Waals surface area contributed by atoms with Crippen molar-refractivity contribution >= 4 is 0 Å². The third-order valence-electron chi connectivity index (χ3n) is 2.32. The van der Waals surface area contributed by atoms with Gasteiger partial charge < -0.3 is 15.4 Å². The summed E-state index contributed by atoms with van der Waals surface area (Å²) >= 11 is 0. The fourth-order valence-corrected chi connectivity index (χ4v) is 1.52. The van der Waals surface area contributed by atoms with Crippen molar-refractivity contribution in [3.05, 3.63) is 29.8 Å². The lowest BCUT2D eigenvalue weighted by atomic mass is 10.2. The lowest BCUT2D eigenvalue weighted by Gasteiger charge is -2.10. The molecular formula is C13H22N2O. The van der Waals surface area contributed by atoms with E-state index in [4.69, 9.17) is 4.74 Å². The SMILES string of the molecule is CCNCCNCc1ccccc1OCC. The van der Waals surface area contributed by atoms with Crippen molar-refractivity contribution in [2.45, 2.75) is 20.4 Å². The molecule has 0 atom stereocenters. The third kappa shape index (κ3) is 4.64. The van der Waals surface area contributed by atoms with Gasteiger partial charge in [0.1, 0.15) is 5.75 Å². The van der Waals surface area contributed by atoms with Crippen LogP contribution < -0.4 is 15.4 Å². The highest BCUT2D eigenvalue weighted by Gasteiger charge is 2.00. The molecule has 3 heteroatoms. The molecule has 2 N–H and O–H groups in total. The molecule has 0 aliphatic rings. The van der Waals surface area contributed by atoms with Crippen LogP contribution in [0.1, 0.15) is 19.4 Å². The van der Waals surface area contributed by atoms with Crippen molar-refractivity contribution in [2.24, 2.45) is 0 Å². The second-order valence-corrected chi connectivity index (χ2v) is 3.57. The molecule has 0 aliphatic heterocycles. The molecule has 1 aromatic rings. The molecule has 0 amide bonds. The second kappa shape index (κ2) is 8.13. The van der Waals surface area contributed by atoms with E-state index in [0.717, 1.165) is 31.9 Å². The summed E-state index contributed by atoms with van der Waals surface area (Å²) in [5.74, 6) is 0.987. The van der Waals surface area contributed by atoms with Crippen LogP contribution in [0.4, 0.5) is 0 Å². The van der Waals surface area contributed by atoms with Gasteiger partial charge in [-0.2, -0.15) is 0 Å². The predicted octanol–water partition coefficient (Wildman–Crippen LogP) is 1.78. The van der Waals surface area contributed by atoms with Crippen LogP contribution in [0.25, 0.3) is 0 Å². The summed E-state index contributed by atoms with van der Waals surface area (Å²) in [6.07, 6.45) is 0. The number of hydrogen-bond acceptors (Lipinski definition) is 3. The van der Waals surface area contributed by atoms with Crippen LogP contribution in [0.15, 0.2) is 24.3 Å². The van der Waals surface area contributed by atoms with Crippen LogP contribution in [0.5, 0.6) is 5.75 Å². The molecule has 0 radical (unpaired) electrons. The highest BCUT2D eigenvalue weighted by molar-refractivity contribution is 5.33. The molecule has 0 saturated carbocycles. The number of rotatable bonds is 8. The van der Waals surface area contributed by atoms with Gasteiger partial charge in [-0.1, -0.05) is 25.1 Å². The Balaban J connectivity index is 2.34. The highest BCUT2D eigenvalue weighted by atomic mass is 16.5. The van der Waals surface area contributed by atoms with E-state index < -0.39 is 0 Å². The molecule has 0 heterocycles. The van der Waals surface area contributed by atoms with Crippen LogP contribution in [0.2, 0.25) is 0 Å². The van der Waals surface area contributed by atoms with Crippen molar-refractivity contribution in [1.29, 1.82) is 0 Å². The molecule has 0 aliphatic carbocycles. The smallest absolute Gasteiger partial charge is 0.123 e. The van der Waals surface area contributed by atoms with Gasteiger partial charge in [0, 0.05) is 25.2 Å². The van der Waals surface area contributed by atoms with Crippen LogP contribution in [-0.4, -0.2) is 26.2 Å². The van der Waals surface area contributed by atoms with E-state index >= 15 is 0 Å². The number of benzene rings is 1. The van der Waals surface area contributed by atoms with E-state index in [-0.39, 0.29) is 0 Å². The van der Waals surface area contributed by atoms with Crippen molar-refractivity contribution in [3.8, 4) is 5.75 Å². The summed E-state index contributed by atoms with van der Waals surface area (Å²) in [6, 6.07) is 8.17. The molecule has 0 spiro atoms. The van der Waals surface area contributed by atoms with E-state index in [1.54, 1.807) is 0 Å². The number of ether oxygens (including phenoxy) is 1. The maximum Gasteiger partial charge on any atom is 0.123 e. The maximum atomic E-state index is 5.56. The monoisotopic (exact) mass is 222 g/mol. The van der Waals surface area contributed by atoms with Crippen LogP contribution in [0.3, 0.4) is 0 Å². The van der Waals surface area contributed by atoms with Crippen molar-refractivity contribution < 1.29 is 4.74 Å². The lowest BCUT2D eigenvalue weighted by Crippen LogP contribution is -2.26. The fourth-order valence-electron chi connectivity index (χ4n) is 1.52. The average molecular weight is 222 g/mol. The van der Waals surface area contributed by atoms with Gasteiger partial charge in [0.05, 0.1) is 6.61 Å². The first-order valence-corrected chi connectivity index (χ1v) is 6.00. The summed E-state index contributed by atoms with van der Waals surface area (Å²) in [4.78, 5) is 0. The molecule has 0 aromatic heterocycles. The van der Waals surface area contributed by atoms with Gasteiger partial charge in [-0.25, -0.2) is 0 Å². The van der Waals surface area contributed by atoms with E-state index in [2.05, 4.69) is 23.6 Å². The van der Waals surface area contributed by atoms with Gasteiger partial charge in [0.15, 0.2) is 0 Å². The standard InChI is InChI=1S/C13H22N2O/c1-3-14-9-10-15-11-12-7-5-6-8-13(12)16-4-2/h5-8,14-15H,3-4,9-11H2,1-2H3. The lowest BCUT2D eigenvalue weighted by molar-refractivity contribution is 0.335. The molecule has 1 aromatic carbocycles. The quantitative estimate of drug-likeness (QED) is 0.658. The summed E-state index contributed by atoms with van der Waals surface area (Å²) in [5.41, 5.74) is 1.22. The molecule has 16 heavy (non-hydrogen) atoms. The Morgan fingerprint density at radius 1 is 1.06 bits per heavy atom. The zero-order chi connectivity index (χ0) is 11.6. The van der Waals surface area contributed by atoms with Gasteiger partial charge in [0.2, 0.25) is 0 Å². The Morgan fingerprint density at radius 3 is 2.56 bits per heavy atom. The molecule has 0 bridgehead atoms. The first-order chi connectivity index (χ1) is 7.88. The zero-order valence-corrected chi connectivity index (χ0v) is 10.3. The van der Waals surface area contributed by atoms with Crippen LogP contribution in [0, 0.1) is 0 Å². The predicted molar refractivity (Wildman–Crippen MR) is 67.9 cm³/mol. The molecule has 0 fully saturated rings.